The summed E-state index contributed by atoms with van der Waals surface area (Å²) in [4.78, 5) is 14.8. The van der Waals surface area contributed by atoms with Crippen molar-refractivity contribution in [3.05, 3.63) is 0 Å². The zero-order valence-electron chi connectivity index (χ0n) is 6.93. The summed E-state index contributed by atoms with van der Waals surface area (Å²) >= 11 is 0. The van der Waals surface area contributed by atoms with Crippen molar-refractivity contribution >= 4 is 6.03 Å². The highest BCUT2D eigenvalue weighted by Crippen LogP contribution is 1.97. The lowest BCUT2D eigenvalue weighted by molar-refractivity contribution is 0.0617. The van der Waals surface area contributed by atoms with Crippen LogP contribution in [-0.2, 0) is 4.84 Å². The van der Waals surface area contributed by atoms with Crippen LogP contribution in [0.4, 0.5) is 4.79 Å². The molecule has 0 radical (unpaired) electrons. The smallest absolute Gasteiger partial charge is 0.336 e. The van der Waals surface area contributed by atoms with Crippen LogP contribution >= 0.6 is 0 Å². The van der Waals surface area contributed by atoms with Gasteiger partial charge in [-0.25, -0.2) is 10.3 Å². The fourth-order valence-electron chi connectivity index (χ4n) is 0.723. The first kappa shape index (κ1) is 10.2. The molecule has 0 heterocycles. The largest absolute Gasteiger partial charge is 0.350 e. The minimum atomic E-state index is -0.638. The maximum atomic E-state index is 10.1. The number of hydrogen-bond donors (Lipinski definition) is 2. The number of unbranched alkanes of at least 4 members (excludes halogenated alkanes) is 3. The Morgan fingerprint density at radius 3 is 2.73 bits per heavy atom. The highest BCUT2D eigenvalue weighted by Gasteiger charge is 1.90. The predicted molar refractivity (Wildman–Crippen MR) is 42.8 cm³/mol. The first-order valence-corrected chi connectivity index (χ1v) is 3.94. The van der Waals surface area contributed by atoms with Gasteiger partial charge in [-0.05, 0) is 6.42 Å². The first-order chi connectivity index (χ1) is 5.27. The molecular weight excluding hydrogens is 144 g/mol. The molecule has 0 atom stereocenters. The molecule has 0 rings (SSSR count). The van der Waals surface area contributed by atoms with E-state index in [-0.39, 0.29) is 0 Å². The van der Waals surface area contributed by atoms with Gasteiger partial charge in [0.05, 0.1) is 6.61 Å². The number of urea groups is 1. The summed E-state index contributed by atoms with van der Waals surface area (Å²) in [5.74, 6) is 0. The summed E-state index contributed by atoms with van der Waals surface area (Å²) in [6, 6.07) is -0.638. The van der Waals surface area contributed by atoms with Crippen LogP contribution in [0.2, 0.25) is 0 Å². The van der Waals surface area contributed by atoms with Gasteiger partial charge in [0, 0.05) is 0 Å². The standard InChI is InChI=1S/C7H16N2O2/c1-2-3-4-5-6-11-9-7(8)10/h2-6H2,1H3,(H3,8,9,10). The van der Waals surface area contributed by atoms with E-state index in [0.29, 0.717) is 6.61 Å². The monoisotopic (exact) mass is 160 g/mol. The van der Waals surface area contributed by atoms with Gasteiger partial charge >= 0.3 is 6.03 Å². The number of hydrogen-bond acceptors (Lipinski definition) is 2. The van der Waals surface area contributed by atoms with Gasteiger partial charge in [-0.15, -0.1) is 0 Å². The number of carbonyl (C=O) groups excluding carboxylic acids is 1. The van der Waals surface area contributed by atoms with Crippen LogP contribution in [0.5, 0.6) is 0 Å². The molecule has 0 saturated carbocycles. The fraction of sp³-hybridized carbons (Fsp3) is 0.857. The summed E-state index contributed by atoms with van der Waals surface area (Å²) in [5.41, 5.74) is 6.82. The zero-order chi connectivity index (χ0) is 8.53. The summed E-state index contributed by atoms with van der Waals surface area (Å²) in [7, 11) is 0. The lowest BCUT2D eigenvalue weighted by atomic mass is 10.2. The third kappa shape index (κ3) is 9.23. The Balaban J connectivity index is 2.85. The quantitative estimate of drug-likeness (QED) is 0.452. The predicted octanol–water partition coefficient (Wildman–Crippen LogP) is 1.17. The first-order valence-electron chi connectivity index (χ1n) is 3.94. The van der Waals surface area contributed by atoms with E-state index in [4.69, 9.17) is 10.6 Å². The van der Waals surface area contributed by atoms with Gasteiger partial charge in [0.15, 0.2) is 0 Å². The second-order valence-electron chi connectivity index (χ2n) is 2.38. The molecular formula is C7H16N2O2. The topological polar surface area (TPSA) is 64.3 Å². The van der Waals surface area contributed by atoms with Gasteiger partial charge in [0.2, 0.25) is 0 Å². The van der Waals surface area contributed by atoms with Crippen LogP contribution in [-0.4, -0.2) is 12.6 Å². The molecule has 0 bridgehead atoms. The molecule has 4 nitrogen and oxygen atoms in total. The number of nitrogens with two attached hydrogens (primary N) is 1. The molecule has 0 aromatic carbocycles. The zero-order valence-corrected chi connectivity index (χ0v) is 6.93. The molecule has 0 unspecified atom stereocenters. The van der Waals surface area contributed by atoms with Gasteiger partial charge in [0.1, 0.15) is 0 Å². The number of nitrogens with one attached hydrogen (secondary N) is 1. The molecule has 0 aliphatic heterocycles. The molecule has 3 N–H and O–H groups in total. The van der Waals surface area contributed by atoms with E-state index in [9.17, 15) is 4.79 Å². The van der Waals surface area contributed by atoms with Crippen molar-refractivity contribution < 1.29 is 9.63 Å². The van der Waals surface area contributed by atoms with E-state index in [0.717, 1.165) is 12.8 Å². The van der Waals surface area contributed by atoms with Crippen molar-refractivity contribution in [1.29, 1.82) is 0 Å². The molecule has 2 amide bonds. The molecule has 66 valence electrons. The van der Waals surface area contributed by atoms with E-state index >= 15 is 0 Å². The average molecular weight is 160 g/mol. The van der Waals surface area contributed by atoms with E-state index in [2.05, 4.69) is 12.4 Å². The average Bonchev–Trinajstić information content (AvgIpc) is 1.96. The third-order valence-electron chi connectivity index (χ3n) is 1.27. The van der Waals surface area contributed by atoms with Gasteiger partial charge in [-0.1, -0.05) is 26.2 Å². The Bertz CT molecular complexity index is 107. The van der Waals surface area contributed by atoms with Crippen molar-refractivity contribution in [2.75, 3.05) is 6.61 Å². The van der Waals surface area contributed by atoms with Crippen molar-refractivity contribution in [3.8, 4) is 0 Å². The fourth-order valence-corrected chi connectivity index (χ4v) is 0.723. The lowest BCUT2D eigenvalue weighted by Crippen LogP contribution is -2.29. The molecule has 0 aromatic heterocycles. The van der Waals surface area contributed by atoms with Crippen molar-refractivity contribution in [1.82, 2.24) is 5.48 Å². The van der Waals surface area contributed by atoms with E-state index in [1.54, 1.807) is 0 Å². The summed E-state index contributed by atoms with van der Waals surface area (Å²) < 4.78 is 0. The second kappa shape index (κ2) is 7.34. The molecule has 0 aliphatic rings. The Labute approximate surface area is 67.0 Å². The minimum Gasteiger partial charge on any atom is -0.350 e. The number of carbonyl (C=O) groups is 1. The molecule has 0 aliphatic carbocycles. The Kier molecular flexibility index (Phi) is 6.82. The van der Waals surface area contributed by atoms with Crippen LogP contribution in [0.25, 0.3) is 0 Å². The molecule has 0 fully saturated rings. The van der Waals surface area contributed by atoms with Crippen molar-refractivity contribution in [3.63, 3.8) is 0 Å². The van der Waals surface area contributed by atoms with Crippen LogP contribution in [0.1, 0.15) is 32.6 Å². The van der Waals surface area contributed by atoms with Crippen LogP contribution in [0, 0.1) is 0 Å². The molecule has 4 heteroatoms. The molecule has 0 saturated heterocycles. The molecule has 11 heavy (non-hydrogen) atoms. The van der Waals surface area contributed by atoms with Crippen LogP contribution in [0.3, 0.4) is 0 Å². The van der Waals surface area contributed by atoms with E-state index in [1.807, 2.05) is 0 Å². The highest BCUT2D eigenvalue weighted by atomic mass is 16.7. The number of rotatable bonds is 6. The molecule has 0 aromatic rings. The highest BCUT2D eigenvalue weighted by molar-refractivity contribution is 5.70. The number of primary amides is 1. The Morgan fingerprint density at radius 2 is 2.18 bits per heavy atom. The van der Waals surface area contributed by atoms with E-state index in [1.165, 1.54) is 12.8 Å². The summed E-state index contributed by atoms with van der Waals surface area (Å²) in [5, 5.41) is 0. The van der Waals surface area contributed by atoms with Crippen molar-refractivity contribution in [2.45, 2.75) is 32.6 Å². The van der Waals surface area contributed by atoms with Gasteiger partial charge in [-0.3, -0.25) is 4.84 Å². The van der Waals surface area contributed by atoms with Gasteiger partial charge in [0.25, 0.3) is 0 Å². The summed E-state index contributed by atoms with van der Waals surface area (Å²) in [6.45, 7) is 2.69. The van der Waals surface area contributed by atoms with Crippen molar-refractivity contribution in [2.24, 2.45) is 5.73 Å². The van der Waals surface area contributed by atoms with Gasteiger partial charge < -0.3 is 5.73 Å². The minimum absolute atomic E-state index is 0.545. The lowest BCUT2D eigenvalue weighted by Gasteiger charge is -2.01. The Morgan fingerprint density at radius 1 is 1.45 bits per heavy atom. The maximum absolute atomic E-state index is 10.1. The van der Waals surface area contributed by atoms with E-state index < -0.39 is 6.03 Å². The molecule has 0 spiro atoms. The summed E-state index contributed by atoms with van der Waals surface area (Å²) in [6.07, 6.45) is 4.51. The third-order valence-corrected chi connectivity index (χ3v) is 1.27. The van der Waals surface area contributed by atoms with Crippen LogP contribution in [0.15, 0.2) is 0 Å². The van der Waals surface area contributed by atoms with Gasteiger partial charge in [-0.2, -0.15) is 0 Å². The SMILES string of the molecule is CCCCCCONC(N)=O. The second-order valence-corrected chi connectivity index (χ2v) is 2.38. The number of amides is 2. The number of hydroxylamine groups is 1. The maximum Gasteiger partial charge on any atom is 0.336 e. The normalized spacial score (nSPS) is 9.55. The van der Waals surface area contributed by atoms with Crippen LogP contribution < -0.4 is 11.2 Å². The Hall–Kier alpha value is -0.770.